The van der Waals surface area contributed by atoms with Crippen molar-refractivity contribution in [2.24, 2.45) is 11.0 Å². The number of hydrazone groups is 1. The van der Waals surface area contributed by atoms with Crippen molar-refractivity contribution in [2.75, 3.05) is 9.91 Å². The van der Waals surface area contributed by atoms with Gasteiger partial charge in [-0.3, -0.25) is 24.7 Å². The highest BCUT2D eigenvalue weighted by Gasteiger charge is 2.57. The molecule has 32 heavy (non-hydrogen) atoms. The third-order valence-corrected chi connectivity index (χ3v) is 6.06. The second-order valence-electron chi connectivity index (χ2n) is 7.38. The maximum absolute atomic E-state index is 13.5. The molecule has 3 aromatic rings. The molecule has 0 bridgehead atoms. The van der Waals surface area contributed by atoms with Crippen molar-refractivity contribution in [3.63, 3.8) is 0 Å². The van der Waals surface area contributed by atoms with Crippen LogP contribution in [0.25, 0.3) is 0 Å². The van der Waals surface area contributed by atoms with Crippen LogP contribution >= 0.6 is 15.9 Å². The van der Waals surface area contributed by atoms with E-state index >= 15 is 0 Å². The van der Waals surface area contributed by atoms with E-state index in [4.69, 9.17) is 0 Å². The molecule has 0 aliphatic carbocycles. The summed E-state index contributed by atoms with van der Waals surface area (Å²) in [5.41, 5.74) is 2.07. The number of nitrogens with zero attached hydrogens (tertiary/aromatic N) is 4. The summed E-state index contributed by atoms with van der Waals surface area (Å²) >= 11 is 3.37. The number of non-ortho nitro benzene ring substituents is 1. The van der Waals surface area contributed by atoms with E-state index in [9.17, 15) is 19.7 Å². The highest BCUT2D eigenvalue weighted by Crippen LogP contribution is 2.39. The summed E-state index contributed by atoms with van der Waals surface area (Å²) in [7, 11) is 0. The van der Waals surface area contributed by atoms with Crippen LogP contribution in [0.3, 0.4) is 0 Å². The summed E-state index contributed by atoms with van der Waals surface area (Å²) in [6, 6.07) is 21.1. The molecule has 0 N–H and O–H groups in total. The van der Waals surface area contributed by atoms with Crippen LogP contribution < -0.4 is 9.91 Å². The van der Waals surface area contributed by atoms with Gasteiger partial charge in [0.25, 0.3) is 11.6 Å². The Bertz CT molecular complexity index is 1260. The standard InChI is InChI=1S/C23H15BrN4O4/c24-15-8-12-16(13-9-15)26-22(29)19-20(14-6-10-18(11-7-14)28(31)32)25-27(21(19)23(26)30)17-4-2-1-3-5-17/h1-13,19,21H/t19-,21+/m0/s1. The summed E-state index contributed by atoms with van der Waals surface area (Å²) in [4.78, 5) is 38.7. The van der Waals surface area contributed by atoms with Gasteiger partial charge in [-0.2, -0.15) is 5.10 Å². The number of amides is 2. The molecule has 0 radical (unpaired) electrons. The first kappa shape index (κ1) is 20.1. The largest absolute Gasteiger partial charge is 0.273 e. The maximum Gasteiger partial charge on any atom is 0.269 e. The lowest BCUT2D eigenvalue weighted by molar-refractivity contribution is -0.384. The van der Waals surface area contributed by atoms with Gasteiger partial charge in [-0.05, 0) is 54.1 Å². The fraction of sp³-hybridized carbons (Fsp3) is 0.0870. The number of para-hydroxylation sites is 1. The van der Waals surface area contributed by atoms with Crippen molar-refractivity contribution in [2.45, 2.75) is 6.04 Å². The van der Waals surface area contributed by atoms with Crippen LogP contribution in [0.4, 0.5) is 17.1 Å². The Morgan fingerprint density at radius 1 is 0.844 bits per heavy atom. The molecule has 9 heteroatoms. The van der Waals surface area contributed by atoms with E-state index in [2.05, 4.69) is 21.0 Å². The van der Waals surface area contributed by atoms with Crippen molar-refractivity contribution in [3.8, 4) is 0 Å². The van der Waals surface area contributed by atoms with Crippen molar-refractivity contribution < 1.29 is 14.5 Å². The van der Waals surface area contributed by atoms with Crippen molar-refractivity contribution in [1.29, 1.82) is 0 Å². The molecule has 8 nitrogen and oxygen atoms in total. The van der Waals surface area contributed by atoms with Crippen LogP contribution in [0.5, 0.6) is 0 Å². The zero-order chi connectivity index (χ0) is 22.4. The quantitative estimate of drug-likeness (QED) is 0.311. The molecule has 1 saturated heterocycles. The lowest BCUT2D eigenvalue weighted by Crippen LogP contribution is -2.39. The number of nitro groups is 1. The molecule has 5 rings (SSSR count). The van der Waals surface area contributed by atoms with Gasteiger partial charge < -0.3 is 0 Å². The Balaban J connectivity index is 1.61. The molecule has 0 spiro atoms. The number of imide groups is 1. The molecule has 0 saturated carbocycles. The number of benzene rings is 3. The van der Waals surface area contributed by atoms with Crippen LogP contribution in [-0.4, -0.2) is 28.5 Å². The van der Waals surface area contributed by atoms with E-state index in [1.54, 1.807) is 41.4 Å². The predicted molar refractivity (Wildman–Crippen MR) is 122 cm³/mol. The number of hydrogen-bond donors (Lipinski definition) is 0. The third kappa shape index (κ3) is 3.18. The minimum atomic E-state index is -0.835. The van der Waals surface area contributed by atoms with Gasteiger partial charge in [-0.25, -0.2) is 4.90 Å². The Morgan fingerprint density at radius 3 is 2.12 bits per heavy atom. The van der Waals surface area contributed by atoms with E-state index in [0.29, 0.717) is 22.6 Å². The second-order valence-corrected chi connectivity index (χ2v) is 8.30. The normalized spacial score (nSPS) is 19.8. The number of rotatable bonds is 4. The molecular formula is C23H15BrN4O4. The first-order valence-corrected chi connectivity index (χ1v) is 10.6. The monoisotopic (exact) mass is 490 g/mol. The minimum absolute atomic E-state index is 0.0610. The summed E-state index contributed by atoms with van der Waals surface area (Å²) in [5.74, 6) is -1.57. The molecule has 1 fully saturated rings. The average Bonchev–Trinajstić information content (AvgIpc) is 3.32. The summed E-state index contributed by atoms with van der Waals surface area (Å²) in [6.07, 6.45) is 0. The molecular weight excluding hydrogens is 476 g/mol. The first-order chi connectivity index (χ1) is 15.5. The summed E-state index contributed by atoms with van der Waals surface area (Å²) in [5, 5.41) is 17.2. The molecule has 3 aromatic carbocycles. The van der Waals surface area contributed by atoms with Gasteiger partial charge in [-0.15, -0.1) is 0 Å². The molecule has 2 atom stereocenters. The molecule has 158 valence electrons. The van der Waals surface area contributed by atoms with Crippen LogP contribution in [0, 0.1) is 16.0 Å². The fourth-order valence-corrected chi connectivity index (χ4v) is 4.31. The third-order valence-electron chi connectivity index (χ3n) is 5.53. The Hall–Kier alpha value is -3.85. The Kier molecular flexibility index (Phi) is 4.82. The van der Waals surface area contributed by atoms with E-state index in [0.717, 1.165) is 4.47 Å². The predicted octanol–water partition coefficient (Wildman–Crippen LogP) is 4.14. The van der Waals surface area contributed by atoms with Gasteiger partial charge in [0.05, 0.1) is 22.0 Å². The summed E-state index contributed by atoms with van der Waals surface area (Å²) in [6.45, 7) is 0. The number of anilines is 2. The zero-order valence-electron chi connectivity index (χ0n) is 16.5. The van der Waals surface area contributed by atoms with Gasteiger partial charge in [0.15, 0.2) is 0 Å². The SMILES string of the molecule is O=C1[C@H]2C(c3ccc([N+](=O)[O-])cc3)=NN(c3ccccc3)[C@H]2C(=O)N1c1ccc(Br)cc1. The van der Waals surface area contributed by atoms with Crippen molar-refractivity contribution in [1.82, 2.24) is 0 Å². The van der Waals surface area contributed by atoms with Crippen LogP contribution in [0.1, 0.15) is 5.56 Å². The average molecular weight is 491 g/mol. The number of nitro benzene ring substituents is 1. The van der Waals surface area contributed by atoms with Gasteiger partial charge in [-0.1, -0.05) is 34.1 Å². The van der Waals surface area contributed by atoms with Crippen molar-refractivity contribution >= 4 is 50.5 Å². The lowest BCUT2D eigenvalue weighted by atomic mass is 9.92. The van der Waals surface area contributed by atoms with Gasteiger partial charge in [0.1, 0.15) is 12.0 Å². The molecule has 2 heterocycles. The van der Waals surface area contributed by atoms with Crippen LogP contribution in [0.15, 0.2) is 88.4 Å². The van der Waals surface area contributed by atoms with E-state index < -0.39 is 16.9 Å². The topological polar surface area (TPSA) is 96.1 Å². The molecule has 2 aliphatic rings. The lowest BCUT2D eigenvalue weighted by Gasteiger charge is -2.22. The number of halogens is 1. The Morgan fingerprint density at radius 2 is 1.50 bits per heavy atom. The number of hydrogen-bond acceptors (Lipinski definition) is 6. The molecule has 0 unspecified atom stereocenters. The van der Waals surface area contributed by atoms with E-state index in [1.807, 2.05) is 30.3 Å². The maximum atomic E-state index is 13.5. The van der Waals surface area contributed by atoms with E-state index in [-0.39, 0.29) is 17.5 Å². The molecule has 0 aromatic heterocycles. The first-order valence-electron chi connectivity index (χ1n) is 9.76. The zero-order valence-corrected chi connectivity index (χ0v) is 18.0. The van der Waals surface area contributed by atoms with Crippen molar-refractivity contribution in [3.05, 3.63) is 99.0 Å². The van der Waals surface area contributed by atoms with Crippen LogP contribution in [0.2, 0.25) is 0 Å². The second kappa shape index (κ2) is 7.69. The molecule has 2 amide bonds. The highest BCUT2D eigenvalue weighted by molar-refractivity contribution is 9.10. The van der Waals surface area contributed by atoms with E-state index in [1.165, 1.54) is 17.0 Å². The van der Waals surface area contributed by atoms with Gasteiger partial charge in [0, 0.05) is 16.6 Å². The minimum Gasteiger partial charge on any atom is -0.273 e. The number of fused-ring (bicyclic) bond motifs is 1. The van der Waals surface area contributed by atoms with Crippen LogP contribution in [-0.2, 0) is 9.59 Å². The smallest absolute Gasteiger partial charge is 0.269 e. The number of carbonyl (C=O) groups is 2. The number of carbonyl (C=O) groups excluding carboxylic acids is 2. The fourth-order valence-electron chi connectivity index (χ4n) is 4.05. The molecule has 2 aliphatic heterocycles. The Labute approximate surface area is 191 Å². The van der Waals surface area contributed by atoms with Gasteiger partial charge in [0.2, 0.25) is 5.91 Å². The highest BCUT2D eigenvalue weighted by atomic mass is 79.9. The summed E-state index contributed by atoms with van der Waals surface area (Å²) < 4.78 is 0.833. The van der Waals surface area contributed by atoms with Gasteiger partial charge >= 0.3 is 0 Å².